The van der Waals surface area contributed by atoms with Gasteiger partial charge >= 0.3 is 5.97 Å². The molecular formula is C22H28O2. The van der Waals surface area contributed by atoms with Crippen LogP contribution in [0.4, 0.5) is 0 Å². The molecular weight excluding hydrogens is 296 g/mol. The maximum absolute atomic E-state index is 13.1. The molecule has 0 saturated carbocycles. The third kappa shape index (κ3) is 4.47. The third-order valence-electron chi connectivity index (χ3n) is 4.44. The molecule has 0 aliphatic heterocycles. The van der Waals surface area contributed by atoms with Crippen LogP contribution in [0.15, 0.2) is 67.3 Å². The Bertz CT molecular complexity index is 571. The Balaban J connectivity index is 2.18. The monoisotopic (exact) mass is 324 g/mol. The van der Waals surface area contributed by atoms with Crippen LogP contribution < -0.4 is 0 Å². The minimum absolute atomic E-state index is 0.0215. The van der Waals surface area contributed by atoms with Crippen LogP contribution in [0.2, 0.25) is 0 Å². The molecule has 128 valence electrons. The van der Waals surface area contributed by atoms with Gasteiger partial charge in [0, 0.05) is 0 Å². The quantitative estimate of drug-likeness (QED) is 0.340. The van der Waals surface area contributed by atoms with Gasteiger partial charge in [0.25, 0.3) is 0 Å². The molecule has 1 atom stereocenters. The third-order valence-corrected chi connectivity index (χ3v) is 4.44. The first-order valence-electron chi connectivity index (χ1n) is 8.96. The van der Waals surface area contributed by atoms with E-state index in [1.807, 2.05) is 60.7 Å². The van der Waals surface area contributed by atoms with Gasteiger partial charge in [-0.3, -0.25) is 4.79 Å². The van der Waals surface area contributed by atoms with Crippen LogP contribution in [0.1, 0.15) is 51.0 Å². The van der Waals surface area contributed by atoms with Crippen molar-refractivity contribution >= 4 is 5.97 Å². The number of benzene rings is 1. The van der Waals surface area contributed by atoms with Crippen LogP contribution in [0.25, 0.3) is 0 Å². The van der Waals surface area contributed by atoms with Crippen molar-refractivity contribution in [2.75, 3.05) is 0 Å². The summed E-state index contributed by atoms with van der Waals surface area (Å²) in [5.41, 5.74) is 0.174. The number of hydrogen-bond donors (Lipinski definition) is 0. The topological polar surface area (TPSA) is 26.3 Å². The van der Waals surface area contributed by atoms with Crippen molar-refractivity contribution in [2.45, 2.75) is 57.0 Å². The van der Waals surface area contributed by atoms with Crippen molar-refractivity contribution in [3.63, 3.8) is 0 Å². The van der Waals surface area contributed by atoms with E-state index in [2.05, 4.69) is 13.5 Å². The Kier molecular flexibility index (Phi) is 7.05. The maximum atomic E-state index is 13.1. The maximum Gasteiger partial charge on any atom is 0.324 e. The van der Waals surface area contributed by atoms with E-state index in [4.69, 9.17) is 4.74 Å². The van der Waals surface area contributed by atoms with Gasteiger partial charge in [-0.1, -0.05) is 74.1 Å². The number of ether oxygens (including phenoxy) is 1. The average Bonchev–Trinajstić information content (AvgIpc) is 2.63. The van der Waals surface area contributed by atoms with E-state index in [0.717, 1.165) is 44.1 Å². The summed E-state index contributed by atoms with van der Waals surface area (Å²) in [5.74, 6) is -0.169. The Morgan fingerprint density at radius 1 is 1.25 bits per heavy atom. The zero-order chi connectivity index (χ0) is 17.3. The van der Waals surface area contributed by atoms with E-state index in [1.54, 1.807) is 0 Å². The Morgan fingerprint density at radius 3 is 2.58 bits per heavy atom. The van der Waals surface area contributed by atoms with E-state index in [-0.39, 0.29) is 12.1 Å². The molecule has 0 heterocycles. The van der Waals surface area contributed by atoms with Crippen molar-refractivity contribution in [2.24, 2.45) is 0 Å². The molecule has 1 aromatic rings. The van der Waals surface area contributed by atoms with Crippen LogP contribution in [-0.2, 0) is 14.9 Å². The molecule has 0 fully saturated rings. The van der Waals surface area contributed by atoms with Crippen molar-refractivity contribution in [1.82, 2.24) is 0 Å². The summed E-state index contributed by atoms with van der Waals surface area (Å²) in [6, 6.07) is 9.89. The first kappa shape index (κ1) is 18.3. The molecule has 0 N–H and O–H groups in total. The van der Waals surface area contributed by atoms with Gasteiger partial charge in [0.2, 0.25) is 0 Å². The number of carbonyl (C=O) groups is 1. The summed E-state index contributed by atoms with van der Waals surface area (Å²) in [6.07, 6.45) is 15.6. The molecule has 1 unspecified atom stereocenters. The molecule has 2 nitrogen and oxygen atoms in total. The fourth-order valence-corrected chi connectivity index (χ4v) is 3.13. The fraction of sp³-hybridized carbons (Fsp3) is 0.409. The van der Waals surface area contributed by atoms with Crippen LogP contribution in [0.3, 0.4) is 0 Å². The van der Waals surface area contributed by atoms with E-state index < -0.39 is 5.41 Å². The molecule has 1 aromatic carbocycles. The highest BCUT2D eigenvalue weighted by molar-refractivity contribution is 5.89. The summed E-state index contributed by atoms with van der Waals surface area (Å²) in [4.78, 5) is 13.1. The van der Waals surface area contributed by atoms with Gasteiger partial charge in [0.1, 0.15) is 11.5 Å². The smallest absolute Gasteiger partial charge is 0.324 e. The zero-order valence-corrected chi connectivity index (χ0v) is 14.6. The van der Waals surface area contributed by atoms with Crippen LogP contribution >= 0.6 is 0 Å². The largest absolute Gasteiger partial charge is 0.461 e. The van der Waals surface area contributed by atoms with Gasteiger partial charge in [0.15, 0.2) is 0 Å². The highest BCUT2D eigenvalue weighted by Gasteiger charge is 2.38. The van der Waals surface area contributed by atoms with Crippen molar-refractivity contribution in [3.8, 4) is 0 Å². The highest BCUT2D eigenvalue weighted by Crippen LogP contribution is 2.33. The lowest BCUT2D eigenvalue weighted by Crippen LogP contribution is -2.37. The van der Waals surface area contributed by atoms with Crippen molar-refractivity contribution in [3.05, 3.63) is 72.9 Å². The highest BCUT2D eigenvalue weighted by atomic mass is 16.5. The second-order valence-electron chi connectivity index (χ2n) is 6.31. The fourth-order valence-electron chi connectivity index (χ4n) is 3.13. The average molecular weight is 324 g/mol. The van der Waals surface area contributed by atoms with Gasteiger partial charge in [-0.05, 0) is 37.7 Å². The number of allylic oxidation sites excluding steroid dienone is 3. The summed E-state index contributed by atoms with van der Waals surface area (Å²) in [7, 11) is 0. The number of esters is 1. The first-order chi connectivity index (χ1) is 11.7. The molecule has 2 rings (SSSR count). The molecule has 0 amide bonds. The summed E-state index contributed by atoms with van der Waals surface area (Å²) in [6.45, 7) is 5.89. The predicted molar refractivity (Wildman–Crippen MR) is 99.9 cm³/mol. The molecule has 0 saturated heterocycles. The molecule has 0 bridgehead atoms. The number of rotatable bonds is 9. The molecule has 1 aliphatic carbocycles. The normalized spacial score (nSPS) is 16.5. The lowest BCUT2D eigenvalue weighted by Gasteiger charge is -2.30. The number of hydrogen-bond acceptors (Lipinski definition) is 2. The summed E-state index contributed by atoms with van der Waals surface area (Å²) < 4.78 is 5.96. The van der Waals surface area contributed by atoms with Crippen molar-refractivity contribution in [1.29, 1.82) is 0 Å². The van der Waals surface area contributed by atoms with Gasteiger partial charge in [-0.2, -0.15) is 0 Å². The van der Waals surface area contributed by atoms with Gasteiger partial charge in [-0.25, -0.2) is 0 Å². The van der Waals surface area contributed by atoms with Crippen LogP contribution in [0.5, 0.6) is 0 Å². The lowest BCUT2D eigenvalue weighted by molar-refractivity contribution is -0.153. The van der Waals surface area contributed by atoms with Gasteiger partial charge < -0.3 is 4.74 Å². The van der Waals surface area contributed by atoms with E-state index in [1.165, 1.54) is 0 Å². The van der Waals surface area contributed by atoms with Crippen molar-refractivity contribution < 1.29 is 9.53 Å². The number of unbranched alkanes of at least 4 members (excludes halogenated alkanes) is 1. The van der Waals surface area contributed by atoms with Crippen LogP contribution in [-0.4, -0.2) is 12.1 Å². The molecule has 0 spiro atoms. The van der Waals surface area contributed by atoms with Crippen LogP contribution in [0, 0.1) is 0 Å². The Morgan fingerprint density at radius 2 is 1.96 bits per heavy atom. The molecule has 1 aliphatic rings. The number of carbonyl (C=O) groups excluding carboxylic acids is 1. The second kappa shape index (κ2) is 9.27. The molecule has 2 heteroatoms. The second-order valence-corrected chi connectivity index (χ2v) is 6.31. The Labute approximate surface area is 145 Å². The standard InChI is InChI=1S/C22H28O2/c1-3-5-8-16-20(13-4-2)24-21(23)22(17-11-7-12-18-22)19-14-9-6-10-15-19/h3,6,9-12,14-15,17-18,20H,1,4-5,7-8,13,16H2,2H3. The summed E-state index contributed by atoms with van der Waals surface area (Å²) in [5, 5.41) is 0. The minimum atomic E-state index is -0.788. The van der Waals surface area contributed by atoms with E-state index in [0.29, 0.717) is 0 Å². The van der Waals surface area contributed by atoms with E-state index in [9.17, 15) is 4.79 Å². The Hall–Kier alpha value is -2.09. The van der Waals surface area contributed by atoms with E-state index >= 15 is 0 Å². The predicted octanol–water partition coefficient (Wildman–Crippen LogP) is 5.51. The molecule has 24 heavy (non-hydrogen) atoms. The van der Waals surface area contributed by atoms with Gasteiger partial charge in [-0.15, -0.1) is 6.58 Å². The minimum Gasteiger partial charge on any atom is -0.461 e. The first-order valence-corrected chi connectivity index (χ1v) is 8.96. The van der Waals surface area contributed by atoms with Gasteiger partial charge in [0.05, 0.1) is 0 Å². The molecule has 0 radical (unpaired) electrons. The molecule has 0 aromatic heterocycles. The lowest BCUT2D eigenvalue weighted by atomic mass is 9.77. The summed E-state index contributed by atoms with van der Waals surface area (Å²) >= 11 is 0. The SMILES string of the molecule is C=CCCCC(CCC)OC(=O)C1(c2ccccc2)C=CCC=C1. The zero-order valence-electron chi connectivity index (χ0n) is 14.6.